The number of ether oxygens (including phenoxy) is 2. The molecule has 7 heteroatoms. The van der Waals surface area contributed by atoms with Crippen molar-refractivity contribution in [2.24, 2.45) is 5.41 Å². The molecular formula is C21H33NO5S. The van der Waals surface area contributed by atoms with E-state index in [1.165, 1.54) is 11.3 Å². The van der Waals surface area contributed by atoms with Crippen LogP contribution in [0.25, 0.3) is 0 Å². The fourth-order valence-electron chi connectivity index (χ4n) is 2.94. The van der Waals surface area contributed by atoms with E-state index >= 15 is 0 Å². The van der Waals surface area contributed by atoms with Crippen LogP contribution in [-0.4, -0.2) is 31.1 Å². The van der Waals surface area contributed by atoms with Gasteiger partial charge in [0.15, 0.2) is 0 Å². The second kappa shape index (κ2) is 11.2. The van der Waals surface area contributed by atoms with Crippen molar-refractivity contribution >= 4 is 34.2 Å². The van der Waals surface area contributed by atoms with Crippen molar-refractivity contribution in [2.75, 3.05) is 18.5 Å². The Morgan fingerprint density at radius 3 is 2.32 bits per heavy atom. The van der Waals surface area contributed by atoms with E-state index in [-0.39, 0.29) is 42.7 Å². The molecular weight excluding hydrogens is 378 g/mol. The molecule has 6 nitrogen and oxygen atoms in total. The molecule has 1 amide bonds. The maximum Gasteiger partial charge on any atom is 0.341 e. The van der Waals surface area contributed by atoms with Gasteiger partial charge in [-0.3, -0.25) is 9.59 Å². The molecule has 0 saturated heterocycles. The van der Waals surface area contributed by atoms with Crippen LogP contribution >= 0.6 is 11.3 Å². The smallest absolute Gasteiger partial charge is 0.341 e. The Bertz CT molecular complexity index is 675. The van der Waals surface area contributed by atoms with Crippen LogP contribution in [0.5, 0.6) is 0 Å². The van der Waals surface area contributed by atoms with Gasteiger partial charge in [-0.15, -0.1) is 11.3 Å². The summed E-state index contributed by atoms with van der Waals surface area (Å²) in [5.74, 6) is -0.717. The maximum atomic E-state index is 12.3. The van der Waals surface area contributed by atoms with Gasteiger partial charge in [0.1, 0.15) is 5.00 Å². The molecule has 0 fully saturated rings. The Balaban J connectivity index is 2.85. The van der Waals surface area contributed by atoms with E-state index in [1.807, 2.05) is 6.07 Å². The molecule has 0 bridgehead atoms. The Kier molecular flexibility index (Phi) is 9.65. The maximum absolute atomic E-state index is 12.3. The highest BCUT2D eigenvalue weighted by Crippen LogP contribution is 2.38. The molecule has 1 aromatic heterocycles. The fourth-order valence-corrected chi connectivity index (χ4v) is 4.06. The Hall–Kier alpha value is -1.89. The summed E-state index contributed by atoms with van der Waals surface area (Å²) in [6.07, 6.45) is 1.75. The minimum Gasteiger partial charge on any atom is -0.466 e. The number of carbonyl (C=O) groups is 3. The van der Waals surface area contributed by atoms with Crippen LogP contribution in [0.3, 0.4) is 0 Å². The zero-order chi connectivity index (χ0) is 21.3. The number of hydrogen-bond acceptors (Lipinski definition) is 6. The predicted octanol–water partition coefficient (Wildman–Crippen LogP) is 5.14. The lowest BCUT2D eigenvalue weighted by molar-refractivity contribution is -0.143. The SMILES string of the molecule is CCOC(=O)CCCC(=O)Nc1sc(C(C)CC(C)(C)C)cc1C(=O)OCC. The molecule has 1 N–H and O–H groups in total. The van der Waals surface area contributed by atoms with Crippen molar-refractivity contribution < 1.29 is 23.9 Å². The third-order valence-electron chi connectivity index (χ3n) is 3.99. The zero-order valence-corrected chi connectivity index (χ0v) is 18.7. The molecule has 0 aliphatic heterocycles. The van der Waals surface area contributed by atoms with Crippen molar-refractivity contribution in [1.29, 1.82) is 0 Å². The van der Waals surface area contributed by atoms with Gasteiger partial charge in [-0.05, 0) is 44.1 Å². The summed E-state index contributed by atoms with van der Waals surface area (Å²) in [7, 11) is 0. The first-order valence-corrected chi connectivity index (χ1v) is 10.6. The highest BCUT2D eigenvalue weighted by molar-refractivity contribution is 7.16. The van der Waals surface area contributed by atoms with Gasteiger partial charge >= 0.3 is 11.9 Å². The number of nitrogens with one attached hydrogen (secondary N) is 1. The van der Waals surface area contributed by atoms with E-state index in [0.29, 0.717) is 23.6 Å². The lowest BCUT2D eigenvalue weighted by atomic mass is 9.85. The minimum absolute atomic E-state index is 0.157. The van der Waals surface area contributed by atoms with Gasteiger partial charge in [0.05, 0.1) is 18.8 Å². The van der Waals surface area contributed by atoms with Crippen LogP contribution < -0.4 is 5.32 Å². The Morgan fingerprint density at radius 2 is 1.75 bits per heavy atom. The third-order valence-corrected chi connectivity index (χ3v) is 5.28. The third kappa shape index (κ3) is 8.42. The summed E-state index contributed by atoms with van der Waals surface area (Å²) in [5.41, 5.74) is 0.547. The summed E-state index contributed by atoms with van der Waals surface area (Å²) >= 11 is 1.41. The van der Waals surface area contributed by atoms with Gasteiger partial charge in [-0.1, -0.05) is 27.7 Å². The first-order valence-electron chi connectivity index (χ1n) is 9.83. The monoisotopic (exact) mass is 411 g/mol. The molecule has 1 atom stereocenters. The lowest BCUT2D eigenvalue weighted by Crippen LogP contribution is -2.14. The van der Waals surface area contributed by atoms with Gasteiger partial charge in [-0.2, -0.15) is 0 Å². The number of amides is 1. The van der Waals surface area contributed by atoms with Crippen molar-refractivity contribution in [3.05, 3.63) is 16.5 Å². The van der Waals surface area contributed by atoms with E-state index in [4.69, 9.17) is 9.47 Å². The van der Waals surface area contributed by atoms with E-state index < -0.39 is 5.97 Å². The molecule has 0 aliphatic carbocycles. The summed E-state index contributed by atoms with van der Waals surface area (Å²) in [4.78, 5) is 37.0. The summed E-state index contributed by atoms with van der Waals surface area (Å²) in [6, 6.07) is 1.83. The predicted molar refractivity (Wildman–Crippen MR) is 112 cm³/mol. The van der Waals surface area contributed by atoms with E-state index in [2.05, 4.69) is 33.0 Å². The van der Waals surface area contributed by atoms with Crippen LogP contribution in [0, 0.1) is 5.41 Å². The quantitative estimate of drug-likeness (QED) is 0.539. The molecule has 0 spiro atoms. The van der Waals surface area contributed by atoms with Gasteiger partial charge in [0, 0.05) is 17.7 Å². The van der Waals surface area contributed by atoms with Crippen LogP contribution in [0.1, 0.15) is 88.4 Å². The minimum atomic E-state index is -0.435. The summed E-state index contributed by atoms with van der Waals surface area (Å²) < 4.78 is 10.00. The highest BCUT2D eigenvalue weighted by atomic mass is 32.1. The molecule has 1 aromatic rings. The lowest BCUT2D eigenvalue weighted by Gasteiger charge is -2.22. The molecule has 1 heterocycles. The first kappa shape index (κ1) is 24.1. The topological polar surface area (TPSA) is 81.7 Å². The van der Waals surface area contributed by atoms with Crippen LogP contribution in [0.4, 0.5) is 5.00 Å². The molecule has 0 aromatic carbocycles. The molecule has 0 radical (unpaired) electrons. The molecule has 0 aliphatic rings. The van der Waals surface area contributed by atoms with Crippen molar-refractivity contribution in [3.63, 3.8) is 0 Å². The molecule has 158 valence electrons. The van der Waals surface area contributed by atoms with Gasteiger partial charge < -0.3 is 14.8 Å². The van der Waals surface area contributed by atoms with Gasteiger partial charge in [-0.25, -0.2) is 4.79 Å². The average molecular weight is 412 g/mol. The molecule has 1 rings (SSSR count). The average Bonchev–Trinajstić information content (AvgIpc) is 2.98. The van der Waals surface area contributed by atoms with Crippen molar-refractivity contribution in [3.8, 4) is 0 Å². The fraction of sp³-hybridized carbons (Fsp3) is 0.667. The van der Waals surface area contributed by atoms with Gasteiger partial charge in [0.2, 0.25) is 5.91 Å². The largest absolute Gasteiger partial charge is 0.466 e. The number of rotatable bonds is 10. The van der Waals surface area contributed by atoms with E-state index in [1.54, 1.807) is 13.8 Å². The van der Waals surface area contributed by atoms with Crippen LogP contribution in [0.15, 0.2) is 6.07 Å². The Morgan fingerprint density at radius 1 is 1.11 bits per heavy atom. The standard InChI is InChI=1S/C21H33NO5S/c1-7-26-18(24)11-9-10-17(23)22-19-15(20(25)27-8-2)12-16(28-19)14(3)13-21(4,5)6/h12,14H,7-11,13H2,1-6H3,(H,22,23). The van der Waals surface area contributed by atoms with E-state index in [0.717, 1.165) is 11.3 Å². The van der Waals surface area contributed by atoms with Crippen LogP contribution in [0.2, 0.25) is 0 Å². The van der Waals surface area contributed by atoms with Crippen molar-refractivity contribution in [1.82, 2.24) is 0 Å². The van der Waals surface area contributed by atoms with Crippen LogP contribution in [-0.2, 0) is 19.1 Å². The first-order chi connectivity index (χ1) is 13.1. The summed E-state index contributed by atoms with van der Waals surface area (Å²) in [6.45, 7) is 12.8. The molecule has 0 saturated carbocycles. The zero-order valence-electron chi connectivity index (χ0n) is 17.8. The Labute approximate surface area is 172 Å². The highest BCUT2D eigenvalue weighted by Gasteiger charge is 2.24. The second-order valence-corrected chi connectivity index (χ2v) is 9.07. The van der Waals surface area contributed by atoms with E-state index in [9.17, 15) is 14.4 Å². The number of hydrogen-bond donors (Lipinski definition) is 1. The van der Waals surface area contributed by atoms with Crippen molar-refractivity contribution in [2.45, 2.75) is 73.1 Å². The summed E-state index contributed by atoms with van der Waals surface area (Å²) in [5, 5.41) is 3.33. The molecule has 1 unspecified atom stereocenters. The second-order valence-electron chi connectivity index (χ2n) is 7.98. The molecule has 28 heavy (non-hydrogen) atoms. The number of thiophene rings is 1. The normalized spacial score (nSPS) is 12.4. The number of anilines is 1. The number of esters is 2. The van der Waals surface area contributed by atoms with Gasteiger partial charge in [0.25, 0.3) is 0 Å². The number of carbonyl (C=O) groups excluding carboxylic acids is 3.